The van der Waals surface area contributed by atoms with Crippen LogP contribution in [0, 0.1) is 12.7 Å². The van der Waals surface area contributed by atoms with Gasteiger partial charge in [0.15, 0.2) is 17.8 Å². The van der Waals surface area contributed by atoms with Gasteiger partial charge in [-0.3, -0.25) is 4.40 Å². The Kier molecular flexibility index (Phi) is 4.59. The summed E-state index contributed by atoms with van der Waals surface area (Å²) < 4.78 is 26.7. The Hall–Kier alpha value is -3.11. The number of hydrogen-bond donors (Lipinski definition) is 0. The minimum absolute atomic E-state index is 0.00222. The van der Waals surface area contributed by atoms with Crippen LogP contribution in [0.4, 0.5) is 10.2 Å². The van der Waals surface area contributed by atoms with Gasteiger partial charge < -0.3 is 14.2 Å². The summed E-state index contributed by atoms with van der Waals surface area (Å²) in [5.41, 5.74) is 1.03. The molecule has 5 heterocycles. The molecule has 0 amide bonds. The molecular weight excluding hydrogens is 413 g/mol. The zero-order chi connectivity index (χ0) is 20.8. The SMILES string of the molecule is Cc1noc(C2CN(c3ccnc(-c4cnc5cc(F)c(Cl)cn45)n3)CC(C)O2)n1. The number of hydrogen-bond acceptors (Lipinski definition) is 8. The first kappa shape index (κ1) is 18.9. The van der Waals surface area contributed by atoms with Crippen LogP contribution >= 0.6 is 11.6 Å². The fourth-order valence-corrected chi connectivity index (χ4v) is 3.66. The van der Waals surface area contributed by atoms with Crippen LogP contribution in [0.5, 0.6) is 0 Å². The molecule has 2 atom stereocenters. The third-order valence-corrected chi connectivity index (χ3v) is 5.10. The maximum Gasteiger partial charge on any atom is 0.257 e. The Morgan fingerprint density at radius 1 is 1.23 bits per heavy atom. The number of ether oxygens (including phenoxy) is 1. The van der Waals surface area contributed by atoms with Gasteiger partial charge >= 0.3 is 0 Å². The molecule has 4 aromatic rings. The predicted octanol–water partition coefficient (Wildman–Crippen LogP) is 3.24. The molecule has 0 saturated carbocycles. The van der Waals surface area contributed by atoms with Crippen LogP contribution in [-0.4, -0.2) is 48.7 Å². The van der Waals surface area contributed by atoms with Crippen molar-refractivity contribution in [3.8, 4) is 11.5 Å². The number of halogens is 2. The molecule has 0 bridgehead atoms. The molecular formula is C19H17ClFN7O2. The molecule has 1 aliphatic heterocycles. The smallest absolute Gasteiger partial charge is 0.257 e. The summed E-state index contributed by atoms with van der Waals surface area (Å²) in [7, 11) is 0. The average Bonchev–Trinajstić information content (AvgIpc) is 3.34. The van der Waals surface area contributed by atoms with E-state index in [4.69, 9.17) is 25.8 Å². The highest BCUT2D eigenvalue weighted by molar-refractivity contribution is 6.30. The van der Waals surface area contributed by atoms with Crippen molar-refractivity contribution in [3.05, 3.63) is 53.3 Å². The average molecular weight is 430 g/mol. The number of anilines is 1. The normalized spacial score (nSPS) is 19.5. The van der Waals surface area contributed by atoms with Gasteiger partial charge in [0.2, 0.25) is 0 Å². The summed E-state index contributed by atoms with van der Waals surface area (Å²) in [4.78, 5) is 19.7. The second-order valence-corrected chi connectivity index (χ2v) is 7.51. The highest BCUT2D eigenvalue weighted by atomic mass is 35.5. The lowest BCUT2D eigenvalue weighted by molar-refractivity contribution is -0.0333. The topological polar surface area (TPSA) is 94.5 Å². The van der Waals surface area contributed by atoms with Crippen molar-refractivity contribution in [2.45, 2.75) is 26.1 Å². The van der Waals surface area contributed by atoms with Crippen molar-refractivity contribution < 1.29 is 13.7 Å². The molecule has 0 aliphatic carbocycles. The number of rotatable bonds is 3. The molecule has 1 saturated heterocycles. The van der Waals surface area contributed by atoms with Gasteiger partial charge in [-0.15, -0.1) is 0 Å². The number of imidazole rings is 1. The summed E-state index contributed by atoms with van der Waals surface area (Å²) in [6.07, 6.45) is 4.32. The van der Waals surface area contributed by atoms with Gasteiger partial charge in [0.25, 0.3) is 5.89 Å². The van der Waals surface area contributed by atoms with E-state index in [0.717, 1.165) is 5.82 Å². The molecule has 1 aliphatic rings. The van der Waals surface area contributed by atoms with E-state index in [1.807, 2.05) is 13.0 Å². The molecule has 11 heteroatoms. The quantitative estimate of drug-likeness (QED) is 0.490. The minimum atomic E-state index is -0.527. The summed E-state index contributed by atoms with van der Waals surface area (Å²) >= 11 is 5.94. The van der Waals surface area contributed by atoms with Gasteiger partial charge in [0, 0.05) is 25.0 Å². The Balaban J connectivity index is 1.48. The van der Waals surface area contributed by atoms with E-state index in [9.17, 15) is 4.39 Å². The van der Waals surface area contributed by atoms with Crippen LogP contribution < -0.4 is 4.90 Å². The van der Waals surface area contributed by atoms with E-state index in [0.29, 0.717) is 42.0 Å². The summed E-state index contributed by atoms with van der Waals surface area (Å²) in [6, 6.07) is 3.10. The van der Waals surface area contributed by atoms with Crippen molar-refractivity contribution in [3.63, 3.8) is 0 Å². The first-order chi connectivity index (χ1) is 14.5. The van der Waals surface area contributed by atoms with Crippen molar-refractivity contribution in [1.29, 1.82) is 0 Å². The number of aromatic nitrogens is 6. The van der Waals surface area contributed by atoms with Gasteiger partial charge in [-0.2, -0.15) is 4.98 Å². The van der Waals surface area contributed by atoms with E-state index >= 15 is 0 Å². The van der Waals surface area contributed by atoms with Crippen LogP contribution in [0.15, 0.2) is 35.2 Å². The minimum Gasteiger partial charge on any atom is -0.362 e. The van der Waals surface area contributed by atoms with Crippen molar-refractivity contribution in [1.82, 2.24) is 29.5 Å². The second kappa shape index (κ2) is 7.29. The number of pyridine rings is 1. The summed E-state index contributed by atoms with van der Waals surface area (Å²) in [5.74, 6) is 1.65. The van der Waals surface area contributed by atoms with Crippen LogP contribution in [0.3, 0.4) is 0 Å². The lowest BCUT2D eigenvalue weighted by Gasteiger charge is -2.36. The maximum atomic E-state index is 13.7. The third-order valence-electron chi connectivity index (χ3n) is 4.82. The molecule has 30 heavy (non-hydrogen) atoms. The zero-order valence-electron chi connectivity index (χ0n) is 16.2. The van der Waals surface area contributed by atoms with E-state index in [-0.39, 0.29) is 17.2 Å². The molecule has 0 radical (unpaired) electrons. The monoisotopic (exact) mass is 429 g/mol. The highest BCUT2D eigenvalue weighted by Crippen LogP contribution is 2.28. The molecule has 0 spiro atoms. The Bertz CT molecular complexity index is 1230. The van der Waals surface area contributed by atoms with Crippen LogP contribution in [0.25, 0.3) is 17.2 Å². The van der Waals surface area contributed by atoms with E-state index in [1.165, 1.54) is 12.3 Å². The van der Waals surface area contributed by atoms with Gasteiger partial charge in [-0.25, -0.2) is 19.3 Å². The van der Waals surface area contributed by atoms with Crippen LogP contribution in [-0.2, 0) is 4.74 Å². The molecule has 2 unspecified atom stereocenters. The number of nitrogens with zero attached hydrogens (tertiary/aromatic N) is 7. The predicted molar refractivity (Wildman–Crippen MR) is 106 cm³/mol. The number of morpholine rings is 1. The Morgan fingerprint density at radius 2 is 2.10 bits per heavy atom. The van der Waals surface area contributed by atoms with Gasteiger partial charge in [0.05, 0.1) is 23.9 Å². The molecule has 0 N–H and O–H groups in total. The van der Waals surface area contributed by atoms with E-state index in [2.05, 4.69) is 25.0 Å². The lowest BCUT2D eigenvalue weighted by Crippen LogP contribution is -2.43. The van der Waals surface area contributed by atoms with E-state index < -0.39 is 5.82 Å². The number of fused-ring (bicyclic) bond motifs is 1. The lowest BCUT2D eigenvalue weighted by atomic mass is 10.2. The van der Waals surface area contributed by atoms with Crippen LogP contribution in [0.2, 0.25) is 5.02 Å². The first-order valence-corrected chi connectivity index (χ1v) is 9.72. The van der Waals surface area contributed by atoms with E-state index in [1.54, 1.807) is 23.7 Å². The summed E-state index contributed by atoms with van der Waals surface area (Å²) in [5, 5.41) is 3.85. The molecule has 4 aromatic heterocycles. The van der Waals surface area contributed by atoms with Gasteiger partial charge in [-0.05, 0) is 19.9 Å². The van der Waals surface area contributed by atoms with Crippen molar-refractivity contribution in [2.75, 3.05) is 18.0 Å². The highest BCUT2D eigenvalue weighted by Gasteiger charge is 2.31. The molecule has 9 nitrogen and oxygen atoms in total. The standard InChI is InChI=1S/C19H17ClFN7O2/c1-10-7-27(9-15(29-10)19-24-11(2)26-30-19)16-3-4-22-18(25-16)14-6-23-17-5-13(21)12(20)8-28(14)17/h3-6,8,10,15H,7,9H2,1-2H3. The van der Waals surface area contributed by atoms with Crippen molar-refractivity contribution >= 4 is 23.1 Å². The number of aryl methyl sites for hydroxylation is 1. The molecule has 5 rings (SSSR count). The van der Waals surface area contributed by atoms with Gasteiger partial charge in [-0.1, -0.05) is 16.8 Å². The zero-order valence-corrected chi connectivity index (χ0v) is 16.9. The van der Waals surface area contributed by atoms with Crippen molar-refractivity contribution in [2.24, 2.45) is 0 Å². The first-order valence-electron chi connectivity index (χ1n) is 9.34. The molecule has 154 valence electrons. The largest absolute Gasteiger partial charge is 0.362 e. The Labute approximate surface area is 175 Å². The third kappa shape index (κ3) is 3.37. The second-order valence-electron chi connectivity index (χ2n) is 7.10. The fraction of sp³-hybridized carbons (Fsp3) is 0.316. The van der Waals surface area contributed by atoms with Gasteiger partial charge in [0.1, 0.15) is 23.0 Å². The summed E-state index contributed by atoms with van der Waals surface area (Å²) in [6.45, 7) is 4.89. The van der Waals surface area contributed by atoms with Crippen LogP contribution in [0.1, 0.15) is 24.7 Å². The fourth-order valence-electron chi connectivity index (χ4n) is 3.51. The molecule has 1 fully saturated rings. The molecule has 0 aromatic carbocycles. The maximum absolute atomic E-state index is 13.7. The Morgan fingerprint density at radius 3 is 2.90 bits per heavy atom.